The first-order chi connectivity index (χ1) is 19.8. The van der Waals surface area contributed by atoms with E-state index in [9.17, 15) is 19.2 Å². The van der Waals surface area contributed by atoms with E-state index >= 15 is 0 Å². The summed E-state index contributed by atoms with van der Waals surface area (Å²) in [6.45, 7) is 3.07. The molecule has 1 fully saturated rings. The Bertz CT molecular complexity index is 1750. The predicted octanol–water partition coefficient (Wildman–Crippen LogP) is 2.54. The highest BCUT2D eigenvalue weighted by atomic mass is 16.2. The molecule has 11 heteroatoms. The van der Waals surface area contributed by atoms with Crippen LogP contribution in [0.1, 0.15) is 40.5 Å². The van der Waals surface area contributed by atoms with Crippen LogP contribution in [0.5, 0.6) is 0 Å². The van der Waals surface area contributed by atoms with E-state index in [2.05, 4.69) is 5.32 Å². The van der Waals surface area contributed by atoms with Crippen molar-refractivity contribution >= 4 is 34.5 Å². The summed E-state index contributed by atoms with van der Waals surface area (Å²) in [6, 6.07) is 15.1. The van der Waals surface area contributed by atoms with Gasteiger partial charge in [0.2, 0.25) is 5.95 Å². The highest BCUT2D eigenvalue weighted by Crippen LogP contribution is 2.23. The molecular weight excluding hydrogens is 522 g/mol. The number of nitrogens with one attached hydrogen (secondary N) is 1. The van der Waals surface area contributed by atoms with Gasteiger partial charge in [-0.2, -0.15) is 4.98 Å². The van der Waals surface area contributed by atoms with Crippen LogP contribution in [0, 0.1) is 0 Å². The topological polar surface area (TPSA) is 137 Å². The van der Waals surface area contributed by atoms with Gasteiger partial charge in [0.15, 0.2) is 16.9 Å². The molecule has 4 aromatic rings. The lowest BCUT2D eigenvalue weighted by Crippen LogP contribution is -2.44. The van der Waals surface area contributed by atoms with Crippen LogP contribution >= 0.6 is 0 Å². The van der Waals surface area contributed by atoms with Crippen molar-refractivity contribution in [1.29, 1.82) is 0 Å². The number of para-hydroxylation sites is 1. The van der Waals surface area contributed by atoms with E-state index < -0.39 is 23.6 Å². The molecule has 41 heavy (non-hydrogen) atoms. The molecule has 1 saturated heterocycles. The Morgan fingerprint density at radius 1 is 1.07 bits per heavy atom. The van der Waals surface area contributed by atoms with Gasteiger partial charge in [0.1, 0.15) is 0 Å². The number of hydrogen-bond donors (Lipinski definition) is 2. The van der Waals surface area contributed by atoms with Crippen LogP contribution in [0.3, 0.4) is 0 Å². The smallest absolute Gasteiger partial charge is 0.332 e. The normalized spacial score (nSPS) is 15.5. The first kappa shape index (κ1) is 27.8. The second-order valence-electron chi connectivity index (χ2n) is 10.1. The largest absolute Gasteiger partial charge is 0.341 e. The monoisotopic (exact) mass is 555 g/mol. The van der Waals surface area contributed by atoms with Crippen molar-refractivity contribution < 1.29 is 9.59 Å². The molecule has 2 aromatic carbocycles. The Morgan fingerprint density at radius 3 is 2.54 bits per heavy atom. The number of allylic oxidation sites excluding steroid dienone is 2. The lowest BCUT2D eigenvalue weighted by molar-refractivity contribution is 0.0969. The molecule has 1 aliphatic heterocycles. The van der Waals surface area contributed by atoms with Crippen LogP contribution in [0.2, 0.25) is 0 Å². The molecule has 212 valence electrons. The molecule has 1 amide bonds. The van der Waals surface area contributed by atoms with Crippen LogP contribution in [0.25, 0.3) is 11.2 Å². The van der Waals surface area contributed by atoms with Gasteiger partial charge in [0.05, 0.1) is 12.2 Å². The highest BCUT2D eigenvalue weighted by Gasteiger charge is 2.27. The summed E-state index contributed by atoms with van der Waals surface area (Å²) in [6.07, 6.45) is 5.58. The fraction of sp³-hybridized carbons (Fsp3) is 0.300. The predicted molar refractivity (Wildman–Crippen MR) is 159 cm³/mol. The van der Waals surface area contributed by atoms with E-state index in [0.29, 0.717) is 30.3 Å². The number of anilines is 2. The molecule has 0 radical (unpaired) electrons. The van der Waals surface area contributed by atoms with Crippen LogP contribution in [0.15, 0.2) is 76.3 Å². The number of aryl methyl sites for hydroxylation is 1. The standard InChI is InChI=1S/C30H33N7O4/c1-3-4-17-36-25-26(33-29(36)35-16-10-13-21(31)18-35)34(2)30(41)37(28(25)40)19-24(38)22-14-8-9-15-23(22)32-27(39)20-11-6-5-7-12-20/h3-9,11-12,14-15,21H,10,13,16-19,31H2,1-2H3,(H,32,39). The van der Waals surface area contributed by atoms with Gasteiger partial charge in [-0.25, -0.2) is 4.79 Å². The number of rotatable bonds is 8. The van der Waals surface area contributed by atoms with Crippen molar-refractivity contribution in [3.63, 3.8) is 0 Å². The molecule has 0 spiro atoms. The van der Waals surface area contributed by atoms with Crippen molar-refractivity contribution in [2.45, 2.75) is 38.9 Å². The number of aromatic nitrogens is 4. The zero-order valence-corrected chi connectivity index (χ0v) is 23.1. The van der Waals surface area contributed by atoms with Crippen LogP contribution < -0.4 is 27.2 Å². The average molecular weight is 556 g/mol. The molecule has 1 atom stereocenters. The number of nitrogens with two attached hydrogens (primary N) is 1. The Kier molecular flexibility index (Phi) is 7.97. The van der Waals surface area contributed by atoms with Gasteiger partial charge in [-0.3, -0.25) is 23.5 Å². The number of piperidine rings is 1. The zero-order valence-electron chi connectivity index (χ0n) is 23.1. The molecule has 1 unspecified atom stereocenters. The molecule has 5 rings (SSSR count). The number of imidazole rings is 1. The Hall–Kier alpha value is -4.77. The molecular formula is C30H33N7O4. The van der Waals surface area contributed by atoms with Crippen LogP contribution in [-0.4, -0.2) is 49.5 Å². The van der Waals surface area contributed by atoms with Gasteiger partial charge in [0.25, 0.3) is 11.5 Å². The maximum atomic E-state index is 13.9. The Balaban J connectivity index is 1.54. The number of amides is 1. The number of carbonyl (C=O) groups excluding carboxylic acids is 2. The molecule has 1 aliphatic rings. The Morgan fingerprint density at radius 2 is 1.80 bits per heavy atom. The average Bonchev–Trinajstić information content (AvgIpc) is 3.37. The maximum Gasteiger partial charge on any atom is 0.332 e. The van der Waals surface area contributed by atoms with Gasteiger partial charge in [-0.15, -0.1) is 0 Å². The third kappa shape index (κ3) is 5.48. The van der Waals surface area contributed by atoms with E-state index in [1.54, 1.807) is 59.2 Å². The minimum absolute atomic E-state index is 0.0146. The van der Waals surface area contributed by atoms with E-state index in [0.717, 1.165) is 24.0 Å². The fourth-order valence-corrected chi connectivity index (χ4v) is 5.16. The first-order valence-electron chi connectivity index (χ1n) is 13.6. The Labute approximate surface area is 236 Å². The number of carbonyl (C=O) groups is 2. The minimum atomic E-state index is -0.653. The minimum Gasteiger partial charge on any atom is -0.341 e. The zero-order chi connectivity index (χ0) is 29.1. The number of Topliss-reactive ketones (excluding diaryl/α,β-unsaturated/α-hetero) is 1. The summed E-state index contributed by atoms with van der Waals surface area (Å²) in [5, 5.41) is 2.77. The van der Waals surface area contributed by atoms with E-state index in [1.807, 2.05) is 24.0 Å². The summed E-state index contributed by atoms with van der Waals surface area (Å²) in [5.74, 6) is -0.300. The number of fused-ring (bicyclic) bond motifs is 1. The molecule has 3 heterocycles. The molecule has 0 saturated carbocycles. The molecule has 0 aliphatic carbocycles. The maximum absolute atomic E-state index is 13.9. The first-order valence-corrected chi connectivity index (χ1v) is 13.6. The third-order valence-corrected chi connectivity index (χ3v) is 7.29. The summed E-state index contributed by atoms with van der Waals surface area (Å²) >= 11 is 0. The molecule has 3 N–H and O–H groups in total. The summed E-state index contributed by atoms with van der Waals surface area (Å²) in [5.41, 5.74) is 6.36. The molecule has 11 nitrogen and oxygen atoms in total. The van der Waals surface area contributed by atoms with Gasteiger partial charge < -0.3 is 20.5 Å². The number of nitrogens with zero attached hydrogens (tertiary/aromatic N) is 5. The molecule has 2 aromatic heterocycles. The van der Waals surface area contributed by atoms with Gasteiger partial charge in [0, 0.05) is 43.9 Å². The van der Waals surface area contributed by atoms with Crippen LogP contribution in [-0.2, 0) is 20.1 Å². The van der Waals surface area contributed by atoms with Gasteiger partial charge in [-0.1, -0.05) is 42.5 Å². The summed E-state index contributed by atoms with van der Waals surface area (Å²) < 4.78 is 4.01. The van der Waals surface area contributed by atoms with Crippen molar-refractivity contribution in [3.05, 3.63) is 98.7 Å². The van der Waals surface area contributed by atoms with E-state index in [-0.39, 0.29) is 28.7 Å². The van der Waals surface area contributed by atoms with Gasteiger partial charge >= 0.3 is 5.69 Å². The van der Waals surface area contributed by atoms with Crippen molar-refractivity contribution in [2.75, 3.05) is 23.3 Å². The second-order valence-corrected chi connectivity index (χ2v) is 10.1. The van der Waals surface area contributed by atoms with Crippen LogP contribution in [0.4, 0.5) is 11.6 Å². The quantitative estimate of drug-likeness (QED) is 0.252. The summed E-state index contributed by atoms with van der Waals surface area (Å²) in [7, 11) is 1.54. The SMILES string of the molecule is CC=CCn1c(N2CCCC(N)C2)nc2c1c(=O)n(CC(=O)c1ccccc1NC(=O)c1ccccc1)c(=O)n2C. The lowest BCUT2D eigenvalue weighted by Gasteiger charge is -2.31. The third-order valence-electron chi connectivity index (χ3n) is 7.29. The fourth-order valence-electron chi connectivity index (χ4n) is 5.16. The molecule has 0 bridgehead atoms. The van der Waals surface area contributed by atoms with Gasteiger partial charge in [-0.05, 0) is 44.0 Å². The summed E-state index contributed by atoms with van der Waals surface area (Å²) in [4.78, 5) is 60.3. The van der Waals surface area contributed by atoms with Crippen molar-refractivity contribution in [1.82, 2.24) is 18.7 Å². The number of hydrogen-bond acceptors (Lipinski definition) is 7. The van der Waals surface area contributed by atoms with Crippen molar-refractivity contribution in [3.8, 4) is 0 Å². The number of benzene rings is 2. The van der Waals surface area contributed by atoms with E-state index in [1.165, 1.54) is 11.6 Å². The van der Waals surface area contributed by atoms with E-state index in [4.69, 9.17) is 10.7 Å². The van der Waals surface area contributed by atoms with Crippen molar-refractivity contribution in [2.24, 2.45) is 12.8 Å². The highest BCUT2D eigenvalue weighted by molar-refractivity contribution is 6.09. The number of ketones is 1. The lowest BCUT2D eigenvalue weighted by atomic mass is 10.1. The second kappa shape index (κ2) is 11.8.